The highest BCUT2D eigenvalue weighted by Crippen LogP contribution is 2.20. The number of carbonyl (C=O) groups is 1. The number of hydrogen-bond acceptors (Lipinski definition) is 4. The number of rotatable bonds is 5. The predicted octanol–water partition coefficient (Wildman–Crippen LogP) is 2.85. The van der Waals surface area contributed by atoms with Crippen LogP contribution in [0.2, 0.25) is 0 Å². The van der Waals surface area contributed by atoms with Gasteiger partial charge < -0.3 is 9.26 Å². The minimum atomic E-state index is 0.0749. The van der Waals surface area contributed by atoms with Gasteiger partial charge in [-0.1, -0.05) is 24.2 Å². The quantitative estimate of drug-likeness (QED) is 0.742. The van der Waals surface area contributed by atoms with Crippen LogP contribution in [0.1, 0.15) is 29.3 Å². The zero-order valence-electron chi connectivity index (χ0n) is 9.55. The van der Waals surface area contributed by atoms with Gasteiger partial charge in [0.25, 0.3) is 0 Å². The first-order valence-corrected chi connectivity index (χ1v) is 5.44. The molecular formula is C13H13NO3. The minimum Gasteiger partial charge on any atom is -0.488 e. The van der Waals surface area contributed by atoms with Gasteiger partial charge in [0, 0.05) is 12.0 Å². The summed E-state index contributed by atoms with van der Waals surface area (Å²) in [5.41, 5.74) is 1.45. The fourth-order valence-corrected chi connectivity index (χ4v) is 1.47. The Hall–Kier alpha value is -2.10. The first kappa shape index (κ1) is 11.4. The Bertz CT molecular complexity index is 491. The van der Waals surface area contributed by atoms with E-state index in [4.69, 9.17) is 9.26 Å². The van der Waals surface area contributed by atoms with Crippen molar-refractivity contribution in [3.63, 3.8) is 0 Å². The summed E-state index contributed by atoms with van der Waals surface area (Å²) in [4.78, 5) is 11.7. The number of benzene rings is 1. The lowest BCUT2D eigenvalue weighted by Gasteiger charge is -2.08. The van der Waals surface area contributed by atoms with Crippen LogP contribution in [0.3, 0.4) is 0 Å². The van der Waals surface area contributed by atoms with Gasteiger partial charge in [0.1, 0.15) is 18.6 Å². The first-order chi connectivity index (χ1) is 8.31. The van der Waals surface area contributed by atoms with E-state index < -0.39 is 0 Å². The van der Waals surface area contributed by atoms with Gasteiger partial charge in [0.05, 0.1) is 11.8 Å². The lowest BCUT2D eigenvalue weighted by molar-refractivity contribution is 0.0983. The number of ether oxygens (including phenoxy) is 1. The summed E-state index contributed by atoms with van der Waals surface area (Å²) in [6, 6.07) is 7.23. The molecule has 1 heterocycles. The smallest absolute Gasteiger partial charge is 0.166 e. The second-order valence-electron chi connectivity index (χ2n) is 3.59. The standard InChI is InChI=1S/C13H13NO3/c1-2-12(15)11-5-3-4-6-13(11)16-8-10-7-14-17-9-10/h3-7,9H,2,8H2,1H3. The molecule has 0 radical (unpaired) electrons. The van der Waals surface area contributed by atoms with Gasteiger partial charge in [-0.2, -0.15) is 0 Å². The molecule has 0 unspecified atom stereocenters. The zero-order chi connectivity index (χ0) is 12.1. The summed E-state index contributed by atoms with van der Waals surface area (Å²) in [5, 5.41) is 3.59. The van der Waals surface area contributed by atoms with Gasteiger partial charge in [-0.25, -0.2) is 0 Å². The van der Waals surface area contributed by atoms with Crippen molar-refractivity contribution < 1.29 is 14.1 Å². The number of aromatic nitrogens is 1. The van der Waals surface area contributed by atoms with Crippen molar-refractivity contribution in [1.82, 2.24) is 5.16 Å². The summed E-state index contributed by atoms with van der Waals surface area (Å²) in [6.45, 7) is 2.18. The van der Waals surface area contributed by atoms with Crippen molar-refractivity contribution >= 4 is 5.78 Å². The Morgan fingerprint density at radius 3 is 2.94 bits per heavy atom. The highest BCUT2D eigenvalue weighted by Gasteiger charge is 2.10. The van der Waals surface area contributed by atoms with Gasteiger partial charge >= 0.3 is 0 Å². The molecule has 0 saturated heterocycles. The summed E-state index contributed by atoms with van der Waals surface area (Å²) in [5.74, 6) is 0.673. The molecule has 0 aliphatic carbocycles. The van der Waals surface area contributed by atoms with Crippen molar-refractivity contribution in [2.24, 2.45) is 0 Å². The van der Waals surface area contributed by atoms with Crippen molar-refractivity contribution in [2.45, 2.75) is 20.0 Å². The van der Waals surface area contributed by atoms with Crippen LogP contribution in [0.15, 0.2) is 41.2 Å². The molecule has 0 aliphatic rings. The maximum absolute atomic E-state index is 11.7. The Morgan fingerprint density at radius 1 is 1.41 bits per heavy atom. The van der Waals surface area contributed by atoms with Crippen molar-refractivity contribution in [2.75, 3.05) is 0 Å². The van der Waals surface area contributed by atoms with Crippen LogP contribution in [-0.2, 0) is 6.61 Å². The molecular weight excluding hydrogens is 218 g/mol. The van der Waals surface area contributed by atoms with Gasteiger partial charge in [-0.15, -0.1) is 0 Å². The molecule has 2 aromatic rings. The van der Waals surface area contributed by atoms with Gasteiger partial charge in [-0.3, -0.25) is 4.79 Å². The summed E-state index contributed by atoms with van der Waals surface area (Å²) in [6.07, 6.45) is 3.57. The molecule has 0 N–H and O–H groups in total. The molecule has 88 valence electrons. The first-order valence-electron chi connectivity index (χ1n) is 5.44. The molecule has 0 bridgehead atoms. The molecule has 4 nitrogen and oxygen atoms in total. The molecule has 1 aromatic heterocycles. The molecule has 2 rings (SSSR count). The molecule has 0 spiro atoms. The van der Waals surface area contributed by atoms with E-state index in [1.807, 2.05) is 19.1 Å². The van der Waals surface area contributed by atoms with E-state index in [1.54, 1.807) is 18.3 Å². The zero-order valence-corrected chi connectivity index (χ0v) is 9.55. The number of Topliss-reactive ketones (excluding diaryl/α,β-unsaturated/α-hetero) is 1. The van der Waals surface area contributed by atoms with Crippen molar-refractivity contribution in [1.29, 1.82) is 0 Å². The minimum absolute atomic E-state index is 0.0749. The number of ketones is 1. The van der Waals surface area contributed by atoms with Crippen LogP contribution in [0.5, 0.6) is 5.75 Å². The lowest BCUT2D eigenvalue weighted by Crippen LogP contribution is -2.02. The average molecular weight is 231 g/mol. The highest BCUT2D eigenvalue weighted by molar-refractivity contribution is 5.98. The maximum atomic E-state index is 11.7. The SMILES string of the molecule is CCC(=O)c1ccccc1OCc1cnoc1. The topological polar surface area (TPSA) is 52.3 Å². The van der Waals surface area contributed by atoms with Gasteiger partial charge in [0.2, 0.25) is 0 Å². The number of hydrogen-bond donors (Lipinski definition) is 0. The molecule has 0 atom stereocenters. The number of para-hydroxylation sites is 1. The molecule has 1 aromatic carbocycles. The molecule has 17 heavy (non-hydrogen) atoms. The van der Waals surface area contributed by atoms with E-state index in [0.717, 1.165) is 5.56 Å². The van der Waals surface area contributed by atoms with Crippen LogP contribution in [0, 0.1) is 0 Å². The molecule has 0 amide bonds. The van der Waals surface area contributed by atoms with Gasteiger partial charge in [-0.05, 0) is 12.1 Å². The van der Waals surface area contributed by atoms with Crippen molar-refractivity contribution in [3.05, 3.63) is 47.9 Å². The van der Waals surface area contributed by atoms with Crippen molar-refractivity contribution in [3.8, 4) is 5.75 Å². The second-order valence-corrected chi connectivity index (χ2v) is 3.59. The summed E-state index contributed by atoms with van der Waals surface area (Å²) in [7, 11) is 0. The van der Waals surface area contributed by atoms with Crippen LogP contribution < -0.4 is 4.74 Å². The second kappa shape index (κ2) is 5.30. The summed E-state index contributed by atoms with van der Waals surface area (Å²) >= 11 is 0. The van der Waals surface area contributed by atoms with E-state index in [1.165, 1.54) is 6.26 Å². The number of carbonyl (C=O) groups excluding carboxylic acids is 1. The highest BCUT2D eigenvalue weighted by atomic mass is 16.5. The van der Waals surface area contributed by atoms with Crippen LogP contribution in [0.4, 0.5) is 0 Å². The Kier molecular flexibility index (Phi) is 3.55. The largest absolute Gasteiger partial charge is 0.488 e. The number of nitrogens with zero attached hydrogens (tertiary/aromatic N) is 1. The Morgan fingerprint density at radius 2 is 2.24 bits per heavy atom. The van der Waals surface area contributed by atoms with E-state index in [0.29, 0.717) is 24.3 Å². The van der Waals surface area contributed by atoms with E-state index >= 15 is 0 Å². The average Bonchev–Trinajstić information content (AvgIpc) is 2.89. The van der Waals surface area contributed by atoms with E-state index in [-0.39, 0.29) is 5.78 Å². The maximum Gasteiger partial charge on any atom is 0.166 e. The third-order valence-electron chi connectivity index (χ3n) is 2.39. The Balaban J connectivity index is 2.12. The predicted molar refractivity (Wildman–Crippen MR) is 61.9 cm³/mol. The third-order valence-corrected chi connectivity index (χ3v) is 2.39. The van der Waals surface area contributed by atoms with Crippen LogP contribution in [-0.4, -0.2) is 10.9 Å². The van der Waals surface area contributed by atoms with Crippen LogP contribution in [0.25, 0.3) is 0 Å². The van der Waals surface area contributed by atoms with Crippen LogP contribution >= 0.6 is 0 Å². The fourth-order valence-electron chi connectivity index (χ4n) is 1.47. The molecule has 0 saturated carbocycles. The molecule has 0 fully saturated rings. The lowest BCUT2D eigenvalue weighted by atomic mass is 10.1. The van der Waals surface area contributed by atoms with E-state index in [2.05, 4.69) is 5.16 Å². The molecule has 0 aliphatic heterocycles. The monoisotopic (exact) mass is 231 g/mol. The fraction of sp³-hybridized carbons (Fsp3) is 0.231. The Labute approximate surface area is 99.2 Å². The van der Waals surface area contributed by atoms with E-state index in [9.17, 15) is 4.79 Å². The third kappa shape index (κ3) is 2.72. The normalized spacial score (nSPS) is 10.2. The molecule has 4 heteroatoms. The summed E-state index contributed by atoms with van der Waals surface area (Å²) < 4.78 is 10.3. The van der Waals surface area contributed by atoms with Gasteiger partial charge in [0.15, 0.2) is 5.78 Å².